The van der Waals surface area contributed by atoms with Crippen LogP contribution in [-0.2, 0) is 0 Å². The maximum absolute atomic E-state index is 14.4. The van der Waals surface area contributed by atoms with E-state index in [1.807, 2.05) is 47.4 Å². The minimum atomic E-state index is -0.508. The summed E-state index contributed by atoms with van der Waals surface area (Å²) in [6, 6.07) is 13.0. The Morgan fingerprint density at radius 1 is 1.18 bits per heavy atom. The highest BCUT2D eigenvalue weighted by molar-refractivity contribution is 5.91. The minimum absolute atomic E-state index is 0.116. The van der Waals surface area contributed by atoms with Gasteiger partial charge in [-0.25, -0.2) is 24.1 Å². The van der Waals surface area contributed by atoms with Crippen molar-refractivity contribution in [3.05, 3.63) is 66.9 Å². The second-order valence-electron chi connectivity index (χ2n) is 8.12. The Bertz CT molecular complexity index is 1260. The largest absolute Gasteiger partial charge is 0.367 e. The van der Waals surface area contributed by atoms with Gasteiger partial charge in [-0.1, -0.05) is 18.2 Å². The first-order valence-corrected chi connectivity index (χ1v) is 11.0. The number of carbonyl (C=O) groups is 1. The third-order valence-electron chi connectivity index (χ3n) is 5.83. The number of H-pyrrole nitrogens is 1. The number of hydrogen-bond acceptors (Lipinski definition) is 5. The highest BCUT2D eigenvalue weighted by Crippen LogP contribution is 2.26. The van der Waals surface area contributed by atoms with Crippen molar-refractivity contribution in [1.82, 2.24) is 24.8 Å². The lowest BCUT2D eigenvalue weighted by Gasteiger charge is -2.33. The van der Waals surface area contributed by atoms with Crippen LogP contribution in [0.2, 0.25) is 0 Å². The van der Waals surface area contributed by atoms with E-state index in [2.05, 4.69) is 30.6 Å². The van der Waals surface area contributed by atoms with Crippen molar-refractivity contribution in [2.45, 2.75) is 12.8 Å². The van der Waals surface area contributed by atoms with Crippen molar-refractivity contribution in [3.8, 4) is 11.4 Å². The van der Waals surface area contributed by atoms with Crippen LogP contribution in [0.1, 0.15) is 12.8 Å². The molecule has 4 aromatic rings. The first-order chi connectivity index (χ1) is 16.2. The van der Waals surface area contributed by atoms with E-state index in [-0.39, 0.29) is 17.8 Å². The fourth-order valence-corrected chi connectivity index (χ4v) is 4.14. The number of piperidine rings is 1. The quantitative estimate of drug-likeness (QED) is 0.420. The van der Waals surface area contributed by atoms with E-state index < -0.39 is 5.82 Å². The molecule has 3 aromatic heterocycles. The van der Waals surface area contributed by atoms with Gasteiger partial charge in [0, 0.05) is 48.7 Å². The van der Waals surface area contributed by atoms with Gasteiger partial charge in [-0.15, -0.1) is 0 Å². The molecule has 1 aromatic carbocycles. The average Bonchev–Trinajstić information content (AvgIpc) is 3.29. The topological polar surface area (TPSA) is 98.8 Å². The Kier molecular flexibility index (Phi) is 5.84. The van der Waals surface area contributed by atoms with Crippen LogP contribution < -0.4 is 10.6 Å². The van der Waals surface area contributed by atoms with Crippen LogP contribution in [0.15, 0.2) is 61.1 Å². The van der Waals surface area contributed by atoms with E-state index in [9.17, 15) is 9.18 Å². The molecule has 0 aliphatic carbocycles. The molecule has 0 unspecified atom stereocenters. The molecule has 1 aliphatic rings. The molecule has 9 heteroatoms. The van der Waals surface area contributed by atoms with E-state index in [4.69, 9.17) is 0 Å². The number of rotatable bonds is 5. The Hall–Kier alpha value is -4.01. The number of hydrogen-bond donors (Lipinski definition) is 3. The zero-order valence-corrected chi connectivity index (χ0v) is 18.0. The van der Waals surface area contributed by atoms with Crippen molar-refractivity contribution in [1.29, 1.82) is 0 Å². The maximum atomic E-state index is 14.4. The maximum Gasteiger partial charge on any atom is 0.321 e. The number of amides is 2. The number of nitrogens with zero attached hydrogens (tertiary/aromatic N) is 4. The minimum Gasteiger partial charge on any atom is -0.367 e. The van der Waals surface area contributed by atoms with Crippen molar-refractivity contribution in [2.24, 2.45) is 5.92 Å². The Morgan fingerprint density at radius 3 is 2.94 bits per heavy atom. The number of carbonyl (C=O) groups excluding carboxylic acids is 1. The number of urea groups is 1. The van der Waals surface area contributed by atoms with E-state index in [1.165, 1.54) is 6.20 Å². The molecule has 33 heavy (non-hydrogen) atoms. The summed E-state index contributed by atoms with van der Waals surface area (Å²) in [5.74, 6) is 0.261. The molecule has 1 atom stereocenters. The standard InChI is InChI=1S/C24H24FN7O/c25-20-14-29-22(19-13-28-21-18(19)9-4-10-26-21)31-23(20)27-12-16-6-5-11-32(15-16)24(33)30-17-7-2-1-3-8-17/h1-4,7-10,13-14,16H,5-6,11-12,15H2,(H,26,28)(H,30,33)(H,27,29,31)/t16-/m1/s1. The fourth-order valence-electron chi connectivity index (χ4n) is 4.14. The van der Waals surface area contributed by atoms with Gasteiger partial charge in [0.1, 0.15) is 5.65 Å². The van der Waals surface area contributed by atoms with Crippen molar-refractivity contribution in [3.63, 3.8) is 0 Å². The molecule has 0 bridgehead atoms. The molecule has 0 spiro atoms. The summed E-state index contributed by atoms with van der Waals surface area (Å²) >= 11 is 0. The monoisotopic (exact) mass is 445 g/mol. The van der Waals surface area contributed by atoms with E-state index in [0.29, 0.717) is 25.5 Å². The molecule has 1 fully saturated rings. The molecule has 1 saturated heterocycles. The normalized spacial score (nSPS) is 16.0. The van der Waals surface area contributed by atoms with E-state index in [0.717, 1.165) is 35.1 Å². The molecule has 8 nitrogen and oxygen atoms in total. The summed E-state index contributed by atoms with van der Waals surface area (Å²) in [6.45, 7) is 1.81. The third-order valence-corrected chi connectivity index (χ3v) is 5.83. The Morgan fingerprint density at radius 2 is 2.06 bits per heavy atom. The number of fused-ring (bicyclic) bond motifs is 1. The van der Waals surface area contributed by atoms with E-state index >= 15 is 0 Å². The van der Waals surface area contributed by atoms with Crippen LogP contribution in [0, 0.1) is 11.7 Å². The summed E-state index contributed by atoms with van der Waals surface area (Å²) in [7, 11) is 0. The van der Waals surface area contributed by atoms with Crippen LogP contribution in [0.3, 0.4) is 0 Å². The summed E-state index contributed by atoms with van der Waals surface area (Å²) in [4.78, 5) is 30.4. The highest BCUT2D eigenvalue weighted by atomic mass is 19.1. The second-order valence-corrected chi connectivity index (χ2v) is 8.12. The molecular weight excluding hydrogens is 421 g/mol. The van der Waals surface area contributed by atoms with Crippen molar-refractivity contribution >= 4 is 28.6 Å². The molecule has 168 valence electrons. The molecule has 0 saturated carbocycles. The van der Waals surface area contributed by atoms with Crippen molar-refractivity contribution in [2.75, 3.05) is 30.3 Å². The highest BCUT2D eigenvalue weighted by Gasteiger charge is 2.24. The molecule has 3 N–H and O–H groups in total. The summed E-state index contributed by atoms with van der Waals surface area (Å²) in [5, 5.41) is 6.94. The molecule has 4 heterocycles. The number of para-hydroxylation sites is 1. The third kappa shape index (κ3) is 4.62. The van der Waals surface area contributed by atoms with Crippen LogP contribution >= 0.6 is 0 Å². The SMILES string of the molecule is O=C(Nc1ccccc1)N1CCC[C@H](CNc2nc(-c3c[nH]c4ncccc34)ncc2F)C1. The van der Waals surface area contributed by atoms with Crippen LogP contribution in [0.25, 0.3) is 22.4 Å². The van der Waals surface area contributed by atoms with Crippen molar-refractivity contribution < 1.29 is 9.18 Å². The van der Waals surface area contributed by atoms with Gasteiger partial charge in [-0.05, 0) is 43.0 Å². The van der Waals surface area contributed by atoms with Gasteiger partial charge in [0.2, 0.25) is 0 Å². The lowest BCUT2D eigenvalue weighted by atomic mass is 9.98. The number of anilines is 2. The number of aromatic nitrogens is 4. The number of halogens is 1. The van der Waals surface area contributed by atoms with Gasteiger partial charge in [0.05, 0.1) is 6.20 Å². The molecule has 0 radical (unpaired) electrons. The van der Waals surface area contributed by atoms with Gasteiger partial charge in [0.25, 0.3) is 0 Å². The summed E-state index contributed by atoms with van der Waals surface area (Å²) in [5.41, 5.74) is 2.26. The zero-order valence-electron chi connectivity index (χ0n) is 18.0. The zero-order chi connectivity index (χ0) is 22.6. The van der Waals surface area contributed by atoms with Gasteiger partial charge >= 0.3 is 6.03 Å². The Balaban J connectivity index is 1.24. The summed E-state index contributed by atoms with van der Waals surface area (Å²) in [6.07, 6.45) is 6.51. The first-order valence-electron chi connectivity index (χ1n) is 11.0. The summed E-state index contributed by atoms with van der Waals surface area (Å²) < 4.78 is 14.4. The van der Waals surface area contributed by atoms with Crippen LogP contribution in [0.4, 0.5) is 20.7 Å². The van der Waals surface area contributed by atoms with Crippen LogP contribution in [-0.4, -0.2) is 50.5 Å². The predicted molar refractivity (Wildman–Crippen MR) is 125 cm³/mol. The van der Waals surface area contributed by atoms with Gasteiger partial charge in [-0.2, -0.15) is 0 Å². The second kappa shape index (κ2) is 9.23. The molecule has 1 aliphatic heterocycles. The van der Waals surface area contributed by atoms with Crippen LogP contribution in [0.5, 0.6) is 0 Å². The number of benzene rings is 1. The molecule has 2 amide bonds. The lowest BCUT2D eigenvalue weighted by molar-refractivity contribution is 0.180. The van der Waals surface area contributed by atoms with Gasteiger partial charge in [0.15, 0.2) is 17.5 Å². The van der Waals surface area contributed by atoms with E-state index in [1.54, 1.807) is 12.4 Å². The first kappa shape index (κ1) is 20.9. The number of aromatic amines is 1. The van der Waals surface area contributed by atoms with Gasteiger partial charge in [-0.3, -0.25) is 0 Å². The Labute approximate surface area is 190 Å². The fraction of sp³-hybridized carbons (Fsp3) is 0.250. The predicted octanol–water partition coefficient (Wildman–Crippen LogP) is 4.52. The number of nitrogens with one attached hydrogen (secondary N) is 3. The molecule has 5 rings (SSSR count). The lowest BCUT2D eigenvalue weighted by Crippen LogP contribution is -2.44. The number of pyridine rings is 1. The number of likely N-dealkylation sites (tertiary alicyclic amines) is 1. The molecular formula is C24H24FN7O. The average molecular weight is 446 g/mol. The van der Waals surface area contributed by atoms with Gasteiger partial charge < -0.3 is 20.5 Å². The smallest absolute Gasteiger partial charge is 0.321 e.